The van der Waals surface area contributed by atoms with E-state index in [4.69, 9.17) is 4.74 Å². The van der Waals surface area contributed by atoms with Crippen LogP contribution in [0.1, 0.15) is 53.5 Å². The normalized spacial score (nSPS) is 17.1. The van der Waals surface area contributed by atoms with E-state index in [1.54, 1.807) is 0 Å². The third kappa shape index (κ3) is 3.96. The lowest BCUT2D eigenvalue weighted by Gasteiger charge is -2.27. The van der Waals surface area contributed by atoms with Gasteiger partial charge in [-0.1, -0.05) is 48.5 Å². The van der Waals surface area contributed by atoms with E-state index in [-0.39, 0.29) is 30.3 Å². The zero-order valence-corrected chi connectivity index (χ0v) is 15.3. The van der Waals surface area contributed by atoms with Crippen molar-refractivity contribution in [3.8, 4) is 0 Å². The van der Waals surface area contributed by atoms with Crippen molar-refractivity contribution < 1.29 is 14.3 Å². The Balaban J connectivity index is 1.84. The van der Waals surface area contributed by atoms with Crippen molar-refractivity contribution in [3.63, 3.8) is 0 Å². The number of fused-ring (bicyclic) bond motifs is 1. The van der Waals surface area contributed by atoms with Gasteiger partial charge in [0.2, 0.25) is 5.91 Å². The van der Waals surface area contributed by atoms with Crippen molar-refractivity contribution in [1.82, 2.24) is 5.32 Å². The lowest BCUT2D eigenvalue weighted by molar-refractivity contribution is -0.141. The van der Waals surface area contributed by atoms with Crippen LogP contribution in [0.3, 0.4) is 0 Å². The fourth-order valence-electron chi connectivity index (χ4n) is 3.77. The molecule has 0 fully saturated rings. The van der Waals surface area contributed by atoms with Gasteiger partial charge in [0.15, 0.2) is 0 Å². The topological polar surface area (TPSA) is 55.4 Å². The summed E-state index contributed by atoms with van der Waals surface area (Å²) in [6.07, 6.45) is 2.98. The van der Waals surface area contributed by atoms with Crippen molar-refractivity contribution >= 4 is 11.9 Å². The van der Waals surface area contributed by atoms with Gasteiger partial charge in [-0.15, -0.1) is 0 Å². The molecule has 0 saturated carbocycles. The zero-order chi connectivity index (χ0) is 18.5. The molecule has 0 aromatic heterocycles. The van der Waals surface area contributed by atoms with Crippen molar-refractivity contribution in [2.45, 2.75) is 44.6 Å². The number of aryl methyl sites for hydroxylation is 2. The molecule has 4 nitrogen and oxygen atoms in total. The highest BCUT2D eigenvalue weighted by Crippen LogP contribution is 2.32. The Hall–Kier alpha value is -2.62. The molecule has 0 heterocycles. The first-order chi connectivity index (χ1) is 12.6. The van der Waals surface area contributed by atoms with Crippen LogP contribution in [0.25, 0.3) is 0 Å². The van der Waals surface area contributed by atoms with Crippen LogP contribution in [-0.4, -0.2) is 19.0 Å². The van der Waals surface area contributed by atoms with Gasteiger partial charge in [0.1, 0.15) is 0 Å². The molecule has 136 valence electrons. The maximum absolute atomic E-state index is 13.1. The molecule has 1 N–H and O–H groups in total. The second-order valence-corrected chi connectivity index (χ2v) is 6.84. The molecule has 2 aromatic carbocycles. The number of esters is 1. The largest absolute Gasteiger partial charge is 0.469 e. The molecule has 2 aromatic rings. The Bertz CT molecular complexity index is 799. The highest BCUT2D eigenvalue weighted by molar-refractivity contribution is 5.85. The number of methoxy groups -OCH3 is 1. The Labute approximate surface area is 154 Å². The van der Waals surface area contributed by atoms with E-state index in [0.29, 0.717) is 0 Å². The van der Waals surface area contributed by atoms with Gasteiger partial charge in [0.25, 0.3) is 0 Å². The average Bonchev–Trinajstić information content (AvgIpc) is 2.67. The third-order valence-electron chi connectivity index (χ3n) is 5.16. The van der Waals surface area contributed by atoms with Gasteiger partial charge < -0.3 is 10.1 Å². The number of amides is 1. The van der Waals surface area contributed by atoms with Crippen LogP contribution in [0.5, 0.6) is 0 Å². The zero-order valence-electron chi connectivity index (χ0n) is 15.3. The molecule has 1 aliphatic carbocycles. The highest BCUT2D eigenvalue weighted by atomic mass is 16.5. The summed E-state index contributed by atoms with van der Waals surface area (Å²) in [6.45, 7) is 1.99. The van der Waals surface area contributed by atoms with Crippen molar-refractivity contribution in [3.05, 3.63) is 70.8 Å². The summed E-state index contributed by atoms with van der Waals surface area (Å²) in [4.78, 5) is 25.0. The molecule has 1 unspecified atom stereocenters. The molecule has 0 radical (unpaired) electrons. The molecule has 0 bridgehead atoms. The standard InChI is InChI=1S/C22H25NO3/c1-15-8-3-5-11-17(15)20(14-21(24)26-2)23-22(25)19-13-7-10-16-9-4-6-12-18(16)19/h3-6,8-9,11-12,19-20H,7,10,13-14H2,1-2H3,(H,23,25)/t19-,20?/m1/s1. The van der Waals surface area contributed by atoms with Crippen LogP contribution < -0.4 is 5.32 Å². The van der Waals surface area contributed by atoms with Crippen molar-refractivity contribution in [2.75, 3.05) is 7.11 Å². The SMILES string of the molecule is COC(=O)CC(NC(=O)[C@@H]1CCCc2ccccc21)c1ccccc1C. The number of rotatable bonds is 5. The molecule has 26 heavy (non-hydrogen) atoms. The fraction of sp³-hybridized carbons (Fsp3) is 0.364. The Morgan fingerprint density at radius 3 is 2.65 bits per heavy atom. The summed E-state index contributed by atoms with van der Waals surface area (Å²) in [5.74, 6) is -0.513. The molecule has 2 atom stereocenters. The Morgan fingerprint density at radius 1 is 1.15 bits per heavy atom. The molecule has 1 amide bonds. The van der Waals surface area contributed by atoms with E-state index >= 15 is 0 Å². The van der Waals surface area contributed by atoms with Gasteiger partial charge >= 0.3 is 5.97 Å². The highest BCUT2D eigenvalue weighted by Gasteiger charge is 2.29. The molecule has 0 saturated heterocycles. The van der Waals surface area contributed by atoms with Crippen LogP contribution in [-0.2, 0) is 20.7 Å². The number of benzene rings is 2. The number of carbonyl (C=O) groups excluding carboxylic acids is 2. The second kappa shape index (κ2) is 8.17. The van der Waals surface area contributed by atoms with Crippen LogP contribution in [0, 0.1) is 6.92 Å². The van der Waals surface area contributed by atoms with Gasteiger partial charge in [-0.3, -0.25) is 9.59 Å². The summed E-state index contributed by atoms with van der Waals surface area (Å²) >= 11 is 0. The number of nitrogens with one attached hydrogen (secondary N) is 1. The van der Waals surface area contributed by atoms with Gasteiger partial charge in [0, 0.05) is 0 Å². The first-order valence-electron chi connectivity index (χ1n) is 9.10. The van der Waals surface area contributed by atoms with Crippen molar-refractivity contribution in [2.24, 2.45) is 0 Å². The summed E-state index contributed by atoms with van der Waals surface area (Å²) in [5, 5.41) is 3.11. The predicted molar refractivity (Wildman–Crippen MR) is 101 cm³/mol. The monoisotopic (exact) mass is 351 g/mol. The van der Waals surface area contributed by atoms with E-state index in [9.17, 15) is 9.59 Å². The van der Waals surface area contributed by atoms with E-state index in [0.717, 1.165) is 36.0 Å². The van der Waals surface area contributed by atoms with E-state index in [1.165, 1.54) is 12.7 Å². The maximum Gasteiger partial charge on any atom is 0.307 e. The van der Waals surface area contributed by atoms with Crippen LogP contribution in [0.2, 0.25) is 0 Å². The minimum absolute atomic E-state index is 0.0192. The van der Waals surface area contributed by atoms with Crippen LogP contribution in [0.4, 0.5) is 0 Å². The number of hydrogen-bond acceptors (Lipinski definition) is 3. The van der Waals surface area contributed by atoms with Gasteiger partial charge in [-0.05, 0) is 48.4 Å². The number of hydrogen-bond donors (Lipinski definition) is 1. The lowest BCUT2D eigenvalue weighted by Crippen LogP contribution is -2.35. The molecular formula is C22H25NO3. The second-order valence-electron chi connectivity index (χ2n) is 6.84. The van der Waals surface area contributed by atoms with E-state index in [1.807, 2.05) is 49.4 Å². The van der Waals surface area contributed by atoms with Crippen LogP contribution in [0.15, 0.2) is 48.5 Å². The molecule has 0 aliphatic heterocycles. The van der Waals surface area contributed by atoms with Gasteiger partial charge in [0.05, 0.1) is 25.5 Å². The van der Waals surface area contributed by atoms with Crippen LogP contribution >= 0.6 is 0 Å². The first-order valence-corrected chi connectivity index (χ1v) is 9.10. The molecule has 3 rings (SSSR count). The van der Waals surface area contributed by atoms with Crippen molar-refractivity contribution in [1.29, 1.82) is 0 Å². The summed E-state index contributed by atoms with van der Waals surface area (Å²) in [5.41, 5.74) is 4.36. The third-order valence-corrected chi connectivity index (χ3v) is 5.16. The molecule has 1 aliphatic rings. The quantitative estimate of drug-likeness (QED) is 0.833. The molecule has 0 spiro atoms. The number of carbonyl (C=O) groups is 2. The molecular weight excluding hydrogens is 326 g/mol. The minimum atomic E-state index is -0.384. The Kier molecular flexibility index (Phi) is 5.71. The Morgan fingerprint density at radius 2 is 1.88 bits per heavy atom. The predicted octanol–water partition coefficient (Wildman–Crippen LogP) is 3.84. The molecule has 4 heteroatoms. The number of ether oxygens (including phenoxy) is 1. The van der Waals surface area contributed by atoms with E-state index < -0.39 is 0 Å². The van der Waals surface area contributed by atoms with E-state index in [2.05, 4.69) is 11.4 Å². The minimum Gasteiger partial charge on any atom is -0.469 e. The summed E-state index contributed by atoms with van der Waals surface area (Å²) in [7, 11) is 1.37. The summed E-state index contributed by atoms with van der Waals surface area (Å²) < 4.78 is 4.84. The maximum atomic E-state index is 13.1. The smallest absolute Gasteiger partial charge is 0.307 e. The van der Waals surface area contributed by atoms with Gasteiger partial charge in [-0.25, -0.2) is 0 Å². The summed E-state index contributed by atoms with van der Waals surface area (Å²) in [6, 6.07) is 15.6. The lowest BCUT2D eigenvalue weighted by atomic mass is 9.82. The average molecular weight is 351 g/mol. The first kappa shape index (κ1) is 18.2. The van der Waals surface area contributed by atoms with Gasteiger partial charge in [-0.2, -0.15) is 0 Å². The fourth-order valence-corrected chi connectivity index (χ4v) is 3.77.